The molecule has 0 N–H and O–H groups in total. The Balaban J connectivity index is 2.65. The van der Waals surface area contributed by atoms with Crippen molar-refractivity contribution in [2.24, 2.45) is 0 Å². The van der Waals surface area contributed by atoms with Crippen molar-refractivity contribution in [2.45, 2.75) is 25.0 Å². The molecule has 0 amide bonds. The number of hydrogen-bond acceptors (Lipinski definition) is 4. The van der Waals surface area contributed by atoms with Crippen molar-refractivity contribution in [1.29, 1.82) is 0 Å². The molecule has 0 spiro atoms. The number of thiol groups is 1. The van der Waals surface area contributed by atoms with Crippen molar-refractivity contribution < 1.29 is 4.74 Å². The van der Waals surface area contributed by atoms with Gasteiger partial charge in [-0.1, -0.05) is 0 Å². The Hall–Kier alpha value is -0.350. The van der Waals surface area contributed by atoms with Crippen LogP contribution in [-0.4, -0.2) is 11.1 Å². The average molecular weight is 201 g/mol. The van der Waals surface area contributed by atoms with E-state index in [0.717, 1.165) is 10.8 Å². The minimum absolute atomic E-state index is 0.196. The van der Waals surface area contributed by atoms with E-state index in [1.807, 2.05) is 26.0 Å². The molecule has 0 atom stereocenters. The minimum atomic E-state index is 0.196. The molecule has 0 fully saturated rings. The summed E-state index contributed by atoms with van der Waals surface area (Å²) in [6.07, 6.45) is 1.90. The highest BCUT2D eigenvalue weighted by molar-refractivity contribution is 8.68. The Kier molecular flexibility index (Phi) is 3.75. The second kappa shape index (κ2) is 4.62. The molecule has 1 aromatic rings. The van der Waals surface area contributed by atoms with Crippen molar-refractivity contribution in [3.63, 3.8) is 0 Å². The first-order chi connectivity index (χ1) is 5.72. The van der Waals surface area contributed by atoms with E-state index in [2.05, 4.69) is 16.6 Å². The van der Waals surface area contributed by atoms with Crippen molar-refractivity contribution in [1.82, 2.24) is 4.98 Å². The van der Waals surface area contributed by atoms with E-state index >= 15 is 0 Å². The van der Waals surface area contributed by atoms with Gasteiger partial charge in [0.2, 0.25) is 0 Å². The van der Waals surface area contributed by atoms with Gasteiger partial charge in [-0.15, -0.1) is 11.7 Å². The van der Waals surface area contributed by atoms with E-state index < -0.39 is 0 Å². The monoisotopic (exact) mass is 201 g/mol. The lowest BCUT2D eigenvalue weighted by Crippen LogP contribution is -2.05. The molecule has 2 nitrogen and oxygen atoms in total. The van der Waals surface area contributed by atoms with E-state index in [0.29, 0.717) is 0 Å². The molecule has 0 saturated carbocycles. The molecule has 0 aliphatic heterocycles. The molecule has 0 saturated heterocycles. The first kappa shape index (κ1) is 9.74. The first-order valence-corrected chi connectivity index (χ1v) is 5.53. The van der Waals surface area contributed by atoms with Crippen LogP contribution in [0.15, 0.2) is 23.4 Å². The van der Waals surface area contributed by atoms with Crippen LogP contribution in [0, 0.1) is 0 Å². The summed E-state index contributed by atoms with van der Waals surface area (Å²) in [6.45, 7) is 3.97. The highest BCUT2D eigenvalue weighted by atomic mass is 33.1. The Labute approximate surface area is 81.5 Å². The van der Waals surface area contributed by atoms with E-state index in [9.17, 15) is 0 Å². The van der Waals surface area contributed by atoms with Crippen LogP contribution in [0.4, 0.5) is 0 Å². The molecule has 0 radical (unpaired) electrons. The summed E-state index contributed by atoms with van der Waals surface area (Å²) >= 11 is 4.03. The van der Waals surface area contributed by atoms with Crippen molar-refractivity contribution >= 4 is 22.5 Å². The van der Waals surface area contributed by atoms with Crippen molar-refractivity contribution in [3.8, 4) is 5.75 Å². The quantitative estimate of drug-likeness (QED) is 0.600. The lowest BCUT2D eigenvalue weighted by molar-refractivity contribution is 0.241. The fraction of sp³-hybridized carbons (Fsp3) is 0.375. The second-order valence-corrected chi connectivity index (χ2v) is 3.74. The van der Waals surface area contributed by atoms with E-state index in [4.69, 9.17) is 4.74 Å². The lowest BCUT2D eigenvalue weighted by Gasteiger charge is -2.08. The fourth-order valence-electron chi connectivity index (χ4n) is 0.763. The number of hydrogen-bond donors (Lipinski definition) is 1. The first-order valence-electron chi connectivity index (χ1n) is 3.66. The van der Waals surface area contributed by atoms with Gasteiger partial charge in [0.1, 0.15) is 10.8 Å². The van der Waals surface area contributed by atoms with E-state index in [1.165, 1.54) is 10.8 Å². The third-order valence-corrected chi connectivity index (χ3v) is 2.16. The summed E-state index contributed by atoms with van der Waals surface area (Å²) in [4.78, 5) is 4.11. The molecule has 12 heavy (non-hydrogen) atoms. The van der Waals surface area contributed by atoms with Gasteiger partial charge in [0, 0.05) is 0 Å². The van der Waals surface area contributed by atoms with Crippen LogP contribution in [0.1, 0.15) is 13.8 Å². The molecule has 1 rings (SSSR count). The summed E-state index contributed by atoms with van der Waals surface area (Å²) in [5.74, 6) is 0.802. The lowest BCUT2D eigenvalue weighted by atomic mass is 10.4. The molecule has 66 valence electrons. The van der Waals surface area contributed by atoms with Crippen molar-refractivity contribution in [2.75, 3.05) is 0 Å². The van der Waals surface area contributed by atoms with Crippen LogP contribution < -0.4 is 4.74 Å². The normalized spacial score (nSPS) is 10.3. The summed E-state index contributed by atoms with van der Waals surface area (Å²) in [7, 11) is 1.32. The Bertz CT molecular complexity index is 235. The van der Waals surface area contributed by atoms with Gasteiger partial charge >= 0.3 is 0 Å². The molecular weight excluding hydrogens is 190 g/mol. The zero-order valence-corrected chi connectivity index (χ0v) is 8.73. The van der Waals surface area contributed by atoms with Gasteiger partial charge in [0.15, 0.2) is 0 Å². The van der Waals surface area contributed by atoms with Crippen molar-refractivity contribution in [3.05, 3.63) is 18.3 Å². The predicted molar refractivity (Wildman–Crippen MR) is 54.8 cm³/mol. The summed E-state index contributed by atoms with van der Waals surface area (Å²) in [5.41, 5.74) is 0. The average Bonchev–Trinajstić information content (AvgIpc) is 2.05. The zero-order valence-electron chi connectivity index (χ0n) is 7.02. The Morgan fingerprint density at radius 2 is 2.25 bits per heavy atom. The van der Waals surface area contributed by atoms with Gasteiger partial charge in [-0.2, -0.15) is 0 Å². The van der Waals surface area contributed by atoms with Gasteiger partial charge in [-0.25, -0.2) is 4.98 Å². The van der Waals surface area contributed by atoms with Gasteiger partial charge in [-0.05, 0) is 36.8 Å². The van der Waals surface area contributed by atoms with Gasteiger partial charge in [-0.3, -0.25) is 0 Å². The Morgan fingerprint density at radius 1 is 1.50 bits per heavy atom. The number of aromatic nitrogens is 1. The Morgan fingerprint density at radius 3 is 2.67 bits per heavy atom. The topological polar surface area (TPSA) is 22.1 Å². The smallest absolute Gasteiger partial charge is 0.138 e. The van der Waals surface area contributed by atoms with E-state index in [1.54, 1.807) is 6.20 Å². The molecule has 1 heterocycles. The SMILES string of the molecule is CC(C)Oc1ccc(SS)nc1. The summed E-state index contributed by atoms with van der Waals surface area (Å²) in [6, 6.07) is 3.78. The molecular formula is C8H11NOS2. The van der Waals surface area contributed by atoms with Gasteiger partial charge < -0.3 is 4.74 Å². The van der Waals surface area contributed by atoms with Crippen LogP contribution in [0.5, 0.6) is 5.75 Å². The molecule has 0 aliphatic rings. The molecule has 0 aromatic carbocycles. The summed E-state index contributed by atoms with van der Waals surface area (Å²) in [5, 5.41) is 0.884. The molecule has 0 aliphatic carbocycles. The number of pyridine rings is 1. The zero-order chi connectivity index (χ0) is 8.97. The molecule has 4 heteroatoms. The summed E-state index contributed by atoms with van der Waals surface area (Å²) < 4.78 is 5.42. The van der Waals surface area contributed by atoms with Crippen LogP contribution in [0.2, 0.25) is 0 Å². The largest absolute Gasteiger partial charge is 0.489 e. The number of nitrogens with zero attached hydrogens (tertiary/aromatic N) is 1. The van der Waals surface area contributed by atoms with Crippen LogP contribution in [0.25, 0.3) is 0 Å². The van der Waals surface area contributed by atoms with Crippen LogP contribution >= 0.6 is 22.5 Å². The fourth-order valence-corrected chi connectivity index (χ4v) is 1.32. The maximum atomic E-state index is 5.42. The molecule has 0 bridgehead atoms. The standard InChI is InChI=1S/C8H11NOS2/c1-6(2)10-7-3-4-8(12-11)9-5-7/h3-6,11H,1-2H3. The van der Waals surface area contributed by atoms with Crippen LogP contribution in [0.3, 0.4) is 0 Å². The number of ether oxygens (including phenoxy) is 1. The number of rotatable bonds is 3. The maximum Gasteiger partial charge on any atom is 0.138 e. The second-order valence-electron chi connectivity index (χ2n) is 2.59. The van der Waals surface area contributed by atoms with Gasteiger partial charge in [0.25, 0.3) is 0 Å². The van der Waals surface area contributed by atoms with Crippen LogP contribution in [-0.2, 0) is 0 Å². The molecule has 0 unspecified atom stereocenters. The minimum Gasteiger partial charge on any atom is -0.489 e. The highest BCUT2D eigenvalue weighted by Crippen LogP contribution is 2.20. The predicted octanol–water partition coefficient (Wildman–Crippen LogP) is 2.81. The highest BCUT2D eigenvalue weighted by Gasteiger charge is 1.97. The molecule has 1 aromatic heterocycles. The third-order valence-electron chi connectivity index (χ3n) is 1.17. The maximum absolute atomic E-state index is 5.42. The van der Waals surface area contributed by atoms with Gasteiger partial charge in [0.05, 0.1) is 12.3 Å². The third kappa shape index (κ3) is 2.95. The van der Waals surface area contributed by atoms with E-state index in [-0.39, 0.29) is 6.10 Å².